The maximum atomic E-state index is 12.6. The molecule has 1 aliphatic heterocycles. The number of carbonyl (C=O) groups is 1. The summed E-state index contributed by atoms with van der Waals surface area (Å²) >= 11 is 0. The summed E-state index contributed by atoms with van der Waals surface area (Å²) in [4.78, 5) is 25.9. The number of nitro groups is 1. The number of rotatable bonds is 4. The molecule has 0 aromatic heterocycles. The van der Waals surface area contributed by atoms with Crippen molar-refractivity contribution in [2.24, 2.45) is 0 Å². The minimum absolute atomic E-state index is 0.0421. The third-order valence-corrected chi connectivity index (χ3v) is 5.57. The van der Waals surface area contributed by atoms with Gasteiger partial charge in [-0.1, -0.05) is 38.5 Å². The van der Waals surface area contributed by atoms with Gasteiger partial charge in [0.05, 0.1) is 4.92 Å². The molecule has 1 saturated carbocycles. The van der Waals surface area contributed by atoms with Crippen LogP contribution < -0.4 is 10.2 Å². The van der Waals surface area contributed by atoms with Crippen LogP contribution in [0.25, 0.3) is 0 Å². The average molecular weight is 359 g/mol. The summed E-state index contributed by atoms with van der Waals surface area (Å²) in [5.41, 5.74) is 1.07. The molecule has 0 spiro atoms. The van der Waals surface area contributed by atoms with Crippen LogP contribution in [0, 0.1) is 10.1 Å². The molecule has 0 bridgehead atoms. The Hall–Kier alpha value is -2.11. The Bertz CT molecular complexity index is 631. The largest absolute Gasteiger partial charge is 0.366 e. The number of nitro benzene ring substituents is 1. The molecule has 1 aromatic carbocycles. The van der Waals surface area contributed by atoms with Crippen LogP contribution in [0.2, 0.25) is 0 Å². The van der Waals surface area contributed by atoms with E-state index in [-0.39, 0.29) is 22.6 Å². The number of carbonyl (C=O) groups excluding carboxylic acids is 1. The first-order valence-electron chi connectivity index (χ1n) is 9.99. The van der Waals surface area contributed by atoms with Crippen molar-refractivity contribution in [2.75, 3.05) is 18.0 Å². The van der Waals surface area contributed by atoms with Gasteiger partial charge in [-0.3, -0.25) is 14.9 Å². The average Bonchev–Trinajstić information content (AvgIpc) is 3.06. The highest BCUT2D eigenvalue weighted by atomic mass is 16.6. The van der Waals surface area contributed by atoms with Gasteiger partial charge < -0.3 is 10.2 Å². The second kappa shape index (κ2) is 9.01. The van der Waals surface area contributed by atoms with E-state index >= 15 is 0 Å². The summed E-state index contributed by atoms with van der Waals surface area (Å²) in [6, 6.07) is 5.13. The maximum Gasteiger partial charge on any atom is 0.293 e. The molecular formula is C20H29N3O3. The fraction of sp³-hybridized carbons (Fsp3) is 0.650. The molecule has 1 aromatic rings. The number of benzene rings is 1. The van der Waals surface area contributed by atoms with Crippen LogP contribution >= 0.6 is 0 Å². The molecule has 1 aliphatic carbocycles. The van der Waals surface area contributed by atoms with Gasteiger partial charge in [0.2, 0.25) is 0 Å². The lowest BCUT2D eigenvalue weighted by Gasteiger charge is -2.23. The van der Waals surface area contributed by atoms with E-state index in [0.29, 0.717) is 11.3 Å². The Kier molecular flexibility index (Phi) is 6.47. The van der Waals surface area contributed by atoms with Crippen molar-refractivity contribution in [1.29, 1.82) is 0 Å². The number of nitrogens with zero attached hydrogens (tertiary/aromatic N) is 2. The van der Waals surface area contributed by atoms with Gasteiger partial charge in [0.15, 0.2) is 0 Å². The van der Waals surface area contributed by atoms with Crippen molar-refractivity contribution in [2.45, 2.75) is 70.3 Å². The lowest BCUT2D eigenvalue weighted by Crippen LogP contribution is -2.34. The van der Waals surface area contributed by atoms with Crippen LogP contribution in [0.3, 0.4) is 0 Å². The standard InChI is InChI=1S/C20H29N3O3/c24-20(21-17-9-5-1-2-6-10-17)16-11-12-18(19(15-16)23(25)26)22-13-7-3-4-8-14-22/h11-12,15,17H,1-10,13-14H2,(H,21,24). The van der Waals surface area contributed by atoms with Crippen LogP contribution in [0.1, 0.15) is 74.6 Å². The van der Waals surface area contributed by atoms with Crippen molar-refractivity contribution in [3.63, 3.8) is 0 Å². The van der Waals surface area contributed by atoms with E-state index in [9.17, 15) is 14.9 Å². The van der Waals surface area contributed by atoms with Gasteiger partial charge in [0.25, 0.3) is 11.6 Å². The summed E-state index contributed by atoms with van der Waals surface area (Å²) < 4.78 is 0. The first-order valence-corrected chi connectivity index (χ1v) is 9.99. The van der Waals surface area contributed by atoms with Gasteiger partial charge in [-0.25, -0.2) is 0 Å². The number of hydrogen-bond donors (Lipinski definition) is 1. The SMILES string of the molecule is O=C(NC1CCCCCC1)c1ccc(N2CCCCCC2)c([N+](=O)[O-])c1. The van der Waals surface area contributed by atoms with E-state index in [2.05, 4.69) is 10.2 Å². The van der Waals surface area contributed by atoms with E-state index < -0.39 is 0 Å². The van der Waals surface area contributed by atoms with Crippen LogP contribution in [0.15, 0.2) is 18.2 Å². The first-order chi connectivity index (χ1) is 12.6. The van der Waals surface area contributed by atoms with Gasteiger partial charge >= 0.3 is 0 Å². The van der Waals surface area contributed by atoms with Crippen molar-refractivity contribution in [3.8, 4) is 0 Å². The molecule has 1 amide bonds. The molecule has 1 N–H and O–H groups in total. The predicted molar refractivity (Wildman–Crippen MR) is 103 cm³/mol. The normalized spacial score (nSPS) is 19.5. The van der Waals surface area contributed by atoms with Gasteiger partial charge in [0, 0.05) is 30.8 Å². The Morgan fingerprint density at radius 1 is 1.00 bits per heavy atom. The lowest BCUT2D eigenvalue weighted by molar-refractivity contribution is -0.384. The summed E-state index contributed by atoms with van der Waals surface area (Å²) in [6.45, 7) is 1.68. The van der Waals surface area contributed by atoms with Gasteiger partial charge in [0.1, 0.15) is 5.69 Å². The smallest absolute Gasteiger partial charge is 0.293 e. The minimum atomic E-state index is -0.358. The van der Waals surface area contributed by atoms with Crippen molar-refractivity contribution < 1.29 is 9.72 Å². The maximum absolute atomic E-state index is 12.6. The van der Waals surface area contributed by atoms with Crippen LogP contribution in [0.4, 0.5) is 11.4 Å². The highest BCUT2D eigenvalue weighted by Gasteiger charge is 2.23. The number of amides is 1. The molecule has 2 aliphatic rings. The van der Waals surface area contributed by atoms with Crippen molar-refractivity contribution in [1.82, 2.24) is 5.32 Å². The second-order valence-electron chi connectivity index (χ2n) is 7.52. The van der Waals surface area contributed by atoms with Crippen LogP contribution in [-0.2, 0) is 0 Å². The van der Waals surface area contributed by atoms with Crippen LogP contribution in [-0.4, -0.2) is 30.0 Å². The van der Waals surface area contributed by atoms with Gasteiger partial charge in [-0.15, -0.1) is 0 Å². The van der Waals surface area contributed by atoms with Crippen molar-refractivity contribution in [3.05, 3.63) is 33.9 Å². The van der Waals surface area contributed by atoms with E-state index in [4.69, 9.17) is 0 Å². The number of nitrogens with one attached hydrogen (secondary N) is 1. The van der Waals surface area contributed by atoms with Gasteiger partial charge in [-0.2, -0.15) is 0 Å². The minimum Gasteiger partial charge on any atom is -0.366 e. The molecule has 1 heterocycles. The molecule has 6 nitrogen and oxygen atoms in total. The predicted octanol–water partition coefficient (Wildman–Crippen LogP) is 4.43. The van der Waals surface area contributed by atoms with Crippen molar-refractivity contribution >= 4 is 17.3 Å². The Morgan fingerprint density at radius 3 is 2.23 bits per heavy atom. The van der Waals surface area contributed by atoms with E-state index in [0.717, 1.165) is 51.6 Å². The highest BCUT2D eigenvalue weighted by molar-refractivity contribution is 5.96. The molecule has 0 radical (unpaired) electrons. The zero-order valence-electron chi connectivity index (χ0n) is 15.4. The topological polar surface area (TPSA) is 75.5 Å². The third kappa shape index (κ3) is 4.74. The molecule has 6 heteroatoms. The molecule has 0 atom stereocenters. The molecule has 0 unspecified atom stereocenters. The summed E-state index contributed by atoms with van der Waals surface area (Å²) in [5.74, 6) is -0.192. The summed E-state index contributed by atoms with van der Waals surface area (Å²) in [6.07, 6.45) is 11.2. The first kappa shape index (κ1) is 18.7. The van der Waals surface area contributed by atoms with E-state index in [1.807, 2.05) is 0 Å². The second-order valence-corrected chi connectivity index (χ2v) is 7.52. The third-order valence-electron chi connectivity index (χ3n) is 5.57. The Balaban J connectivity index is 1.76. The quantitative estimate of drug-likeness (QED) is 0.490. The lowest BCUT2D eigenvalue weighted by atomic mass is 10.1. The highest BCUT2D eigenvalue weighted by Crippen LogP contribution is 2.31. The Morgan fingerprint density at radius 2 is 1.62 bits per heavy atom. The fourth-order valence-corrected chi connectivity index (χ4v) is 4.08. The zero-order valence-corrected chi connectivity index (χ0v) is 15.4. The molecule has 142 valence electrons. The molecule has 2 fully saturated rings. The zero-order chi connectivity index (χ0) is 18.4. The number of hydrogen-bond acceptors (Lipinski definition) is 4. The molecular weight excluding hydrogens is 330 g/mol. The summed E-state index contributed by atoms with van der Waals surface area (Å²) in [5, 5.41) is 14.7. The molecule has 1 saturated heterocycles. The van der Waals surface area contributed by atoms with E-state index in [1.165, 1.54) is 31.7 Å². The fourth-order valence-electron chi connectivity index (χ4n) is 4.08. The molecule has 26 heavy (non-hydrogen) atoms. The Labute approximate surface area is 155 Å². The van der Waals surface area contributed by atoms with E-state index in [1.54, 1.807) is 12.1 Å². The van der Waals surface area contributed by atoms with Crippen LogP contribution in [0.5, 0.6) is 0 Å². The van der Waals surface area contributed by atoms with Gasteiger partial charge in [-0.05, 0) is 37.8 Å². The monoisotopic (exact) mass is 359 g/mol. The summed E-state index contributed by atoms with van der Waals surface area (Å²) in [7, 11) is 0. The molecule has 3 rings (SSSR count). The number of anilines is 1.